The van der Waals surface area contributed by atoms with Gasteiger partial charge >= 0.3 is 0 Å². The maximum atomic E-state index is 12.2. The van der Waals surface area contributed by atoms with Gasteiger partial charge in [0.25, 0.3) is 5.69 Å². The summed E-state index contributed by atoms with van der Waals surface area (Å²) in [6.45, 7) is -0.122. The lowest BCUT2D eigenvalue weighted by atomic mass is 10.2. The van der Waals surface area contributed by atoms with Crippen LogP contribution in [0.5, 0.6) is 0 Å². The van der Waals surface area contributed by atoms with E-state index in [4.69, 9.17) is 0 Å². The van der Waals surface area contributed by atoms with E-state index in [1.165, 1.54) is 22.9 Å². The van der Waals surface area contributed by atoms with E-state index >= 15 is 0 Å². The first kappa shape index (κ1) is 15.3. The Kier molecular flexibility index (Phi) is 4.02. The van der Waals surface area contributed by atoms with E-state index in [-0.39, 0.29) is 17.7 Å². The number of para-hydroxylation sites is 1. The first-order valence-corrected chi connectivity index (χ1v) is 7.04. The van der Waals surface area contributed by atoms with Gasteiger partial charge in [-0.2, -0.15) is 5.10 Å². The molecule has 1 amide bonds. The third kappa shape index (κ3) is 3.12. The van der Waals surface area contributed by atoms with Gasteiger partial charge < -0.3 is 5.32 Å². The zero-order valence-electron chi connectivity index (χ0n) is 12.4. The Bertz CT molecular complexity index is 997. The third-order valence-corrected chi connectivity index (χ3v) is 3.40. The van der Waals surface area contributed by atoms with Crippen molar-refractivity contribution in [3.05, 3.63) is 75.1 Å². The minimum absolute atomic E-state index is 0.111. The number of anilines is 1. The lowest BCUT2D eigenvalue weighted by molar-refractivity contribution is -0.384. The fourth-order valence-corrected chi connectivity index (χ4v) is 2.32. The van der Waals surface area contributed by atoms with Gasteiger partial charge in [-0.1, -0.05) is 18.2 Å². The molecule has 120 valence electrons. The maximum absolute atomic E-state index is 12.2. The van der Waals surface area contributed by atoms with Crippen LogP contribution in [0.2, 0.25) is 0 Å². The molecule has 0 atom stereocenters. The number of nitrogens with one attached hydrogen (secondary N) is 1. The molecular formula is C16H12N4O4. The van der Waals surface area contributed by atoms with Crippen LogP contribution in [0, 0.1) is 10.1 Å². The molecule has 0 bridgehead atoms. The standard InChI is InChI=1S/C16H12N4O4/c21-15-9-17-19(14-7-2-1-6-13(14)15)10-16(22)18-11-4-3-5-12(8-11)20(23)24/h1-9H,10H2,(H,18,22). The largest absolute Gasteiger partial charge is 0.324 e. The van der Waals surface area contributed by atoms with Crippen LogP contribution in [0.25, 0.3) is 10.9 Å². The van der Waals surface area contributed by atoms with Crippen LogP contribution in [0.1, 0.15) is 0 Å². The minimum Gasteiger partial charge on any atom is -0.324 e. The molecule has 0 aliphatic rings. The van der Waals surface area contributed by atoms with Crippen molar-refractivity contribution in [3.8, 4) is 0 Å². The SMILES string of the molecule is O=C(Cn1ncc(=O)c2ccccc21)Nc1cccc([N+](=O)[O-])c1. The van der Waals surface area contributed by atoms with E-state index in [1.54, 1.807) is 30.3 Å². The molecule has 0 saturated carbocycles. The molecule has 0 saturated heterocycles. The zero-order valence-corrected chi connectivity index (χ0v) is 12.4. The number of amides is 1. The Hall–Kier alpha value is -3.55. The highest BCUT2D eigenvalue weighted by Crippen LogP contribution is 2.17. The van der Waals surface area contributed by atoms with Gasteiger partial charge in [0.2, 0.25) is 11.3 Å². The van der Waals surface area contributed by atoms with Gasteiger partial charge in [-0.15, -0.1) is 0 Å². The topological polar surface area (TPSA) is 107 Å². The van der Waals surface area contributed by atoms with Crippen molar-refractivity contribution in [2.45, 2.75) is 6.54 Å². The van der Waals surface area contributed by atoms with Crippen molar-refractivity contribution in [2.75, 3.05) is 5.32 Å². The van der Waals surface area contributed by atoms with Crippen molar-refractivity contribution in [2.24, 2.45) is 0 Å². The van der Waals surface area contributed by atoms with Gasteiger partial charge in [-0.3, -0.25) is 24.4 Å². The second-order valence-electron chi connectivity index (χ2n) is 5.04. The van der Waals surface area contributed by atoms with E-state index in [9.17, 15) is 19.7 Å². The van der Waals surface area contributed by atoms with Crippen LogP contribution in [0.3, 0.4) is 0 Å². The summed E-state index contributed by atoms with van der Waals surface area (Å²) >= 11 is 0. The van der Waals surface area contributed by atoms with E-state index in [1.807, 2.05) is 0 Å². The predicted octanol–water partition coefficient (Wildman–Crippen LogP) is 1.94. The Labute approximate surface area is 135 Å². The number of non-ortho nitro benzene ring substituents is 1. The lowest BCUT2D eigenvalue weighted by Gasteiger charge is -2.09. The number of aromatic nitrogens is 2. The van der Waals surface area contributed by atoms with Gasteiger partial charge in [0.1, 0.15) is 6.54 Å². The number of hydrogen-bond donors (Lipinski definition) is 1. The molecule has 0 aliphatic carbocycles. The van der Waals surface area contributed by atoms with E-state index in [0.717, 1.165) is 6.20 Å². The molecule has 8 nitrogen and oxygen atoms in total. The van der Waals surface area contributed by atoms with Crippen LogP contribution in [0.4, 0.5) is 11.4 Å². The molecule has 1 heterocycles. The molecule has 0 unspecified atom stereocenters. The lowest BCUT2D eigenvalue weighted by Crippen LogP contribution is -2.22. The molecule has 3 aromatic rings. The number of rotatable bonds is 4. The van der Waals surface area contributed by atoms with Crippen LogP contribution >= 0.6 is 0 Å². The number of carbonyl (C=O) groups excluding carboxylic acids is 1. The van der Waals surface area contributed by atoms with Gasteiger partial charge in [0.15, 0.2) is 0 Å². The molecule has 1 N–H and O–H groups in total. The van der Waals surface area contributed by atoms with Crippen LogP contribution in [-0.4, -0.2) is 20.6 Å². The summed E-state index contributed by atoms with van der Waals surface area (Å²) in [4.78, 5) is 34.2. The Morgan fingerprint density at radius 2 is 2.00 bits per heavy atom. The monoisotopic (exact) mass is 324 g/mol. The van der Waals surface area contributed by atoms with Gasteiger partial charge in [-0.25, -0.2) is 0 Å². The Balaban J connectivity index is 1.83. The fourth-order valence-electron chi connectivity index (χ4n) is 2.32. The second-order valence-corrected chi connectivity index (χ2v) is 5.04. The highest BCUT2D eigenvalue weighted by Gasteiger charge is 2.10. The van der Waals surface area contributed by atoms with Crippen molar-refractivity contribution in [3.63, 3.8) is 0 Å². The molecule has 3 rings (SSSR count). The number of nitro groups is 1. The predicted molar refractivity (Wildman–Crippen MR) is 87.7 cm³/mol. The van der Waals surface area contributed by atoms with Crippen LogP contribution in [-0.2, 0) is 11.3 Å². The van der Waals surface area contributed by atoms with Crippen molar-refractivity contribution in [1.82, 2.24) is 9.78 Å². The first-order chi connectivity index (χ1) is 11.5. The van der Waals surface area contributed by atoms with E-state index < -0.39 is 10.8 Å². The quantitative estimate of drug-likeness (QED) is 0.583. The highest BCUT2D eigenvalue weighted by atomic mass is 16.6. The summed E-state index contributed by atoms with van der Waals surface area (Å²) in [5.41, 5.74) is 0.527. The summed E-state index contributed by atoms with van der Waals surface area (Å²) in [6, 6.07) is 12.5. The Morgan fingerprint density at radius 1 is 1.21 bits per heavy atom. The third-order valence-electron chi connectivity index (χ3n) is 3.40. The number of carbonyl (C=O) groups is 1. The van der Waals surface area contributed by atoms with Crippen molar-refractivity contribution < 1.29 is 9.72 Å². The molecule has 2 aromatic carbocycles. The minimum atomic E-state index is -0.535. The van der Waals surface area contributed by atoms with Gasteiger partial charge in [-0.05, 0) is 18.2 Å². The van der Waals surface area contributed by atoms with Crippen molar-refractivity contribution >= 4 is 28.2 Å². The summed E-state index contributed by atoms with van der Waals surface area (Å²) in [6.07, 6.45) is 1.16. The summed E-state index contributed by atoms with van der Waals surface area (Å²) in [7, 11) is 0. The number of hydrogen-bond acceptors (Lipinski definition) is 5. The molecule has 1 aromatic heterocycles. The Morgan fingerprint density at radius 3 is 2.79 bits per heavy atom. The normalized spacial score (nSPS) is 10.5. The average Bonchev–Trinajstić information content (AvgIpc) is 2.58. The summed E-state index contributed by atoms with van der Waals surface area (Å²) < 4.78 is 1.41. The molecule has 0 fully saturated rings. The number of nitro benzene ring substituents is 1. The highest BCUT2D eigenvalue weighted by molar-refractivity contribution is 5.91. The second kappa shape index (κ2) is 6.29. The van der Waals surface area contributed by atoms with Crippen LogP contribution in [0.15, 0.2) is 59.5 Å². The van der Waals surface area contributed by atoms with Gasteiger partial charge in [0.05, 0.1) is 16.6 Å². The molecule has 24 heavy (non-hydrogen) atoms. The fraction of sp³-hybridized carbons (Fsp3) is 0.0625. The molecular weight excluding hydrogens is 312 g/mol. The molecule has 8 heteroatoms. The van der Waals surface area contributed by atoms with Gasteiger partial charge in [0, 0.05) is 23.2 Å². The number of benzene rings is 2. The molecule has 0 radical (unpaired) electrons. The molecule has 0 aliphatic heterocycles. The van der Waals surface area contributed by atoms with Crippen molar-refractivity contribution in [1.29, 1.82) is 0 Å². The average molecular weight is 324 g/mol. The number of nitrogens with zero attached hydrogens (tertiary/aromatic N) is 3. The first-order valence-electron chi connectivity index (χ1n) is 7.04. The maximum Gasteiger partial charge on any atom is 0.271 e. The number of fused-ring (bicyclic) bond motifs is 1. The smallest absolute Gasteiger partial charge is 0.271 e. The summed E-state index contributed by atoms with van der Waals surface area (Å²) in [5.74, 6) is -0.406. The van der Waals surface area contributed by atoms with E-state index in [2.05, 4.69) is 10.4 Å². The zero-order chi connectivity index (χ0) is 17.1. The summed E-state index contributed by atoms with van der Waals surface area (Å²) in [5, 5.41) is 17.8. The van der Waals surface area contributed by atoms with E-state index in [0.29, 0.717) is 16.6 Å². The van der Waals surface area contributed by atoms with Crippen LogP contribution < -0.4 is 10.7 Å². The molecule has 0 spiro atoms.